The number of nitrogens with one attached hydrogen (secondary N) is 1. The smallest absolute Gasteiger partial charge is 0.243 e. The number of tetrazole rings is 1. The van der Waals surface area contributed by atoms with E-state index in [1.165, 1.54) is 11.1 Å². The van der Waals surface area contributed by atoms with Gasteiger partial charge in [-0.1, -0.05) is 43.2 Å². The van der Waals surface area contributed by atoms with Crippen LogP contribution in [-0.2, 0) is 0 Å². The minimum absolute atomic E-state index is 0.0399. The van der Waals surface area contributed by atoms with Crippen LogP contribution in [0.15, 0.2) is 42.5 Å². The van der Waals surface area contributed by atoms with Crippen LogP contribution in [0.5, 0.6) is 11.5 Å². The van der Waals surface area contributed by atoms with Gasteiger partial charge in [-0.05, 0) is 46.0 Å². The summed E-state index contributed by atoms with van der Waals surface area (Å²) in [6.07, 6.45) is 0.807. The summed E-state index contributed by atoms with van der Waals surface area (Å²) in [6, 6.07) is 14.7. The maximum absolute atomic E-state index is 5.63. The molecule has 2 heterocycles. The van der Waals surface area contributed by atoms with E-state index in [-0.39, 0.29) is 12.1 Å². The fourth-order valence-corrected chi connectivity index (χ4v) is 3.72. The third-order valence-corrected chi connectivity index (χ3v) is 5.36. The first-order chi connectivity index (χ1) is 13.6. The monoisotopic (exact) mass is 379 g/mol. The summed E-state index contributed by atoms with van der Waals surface area (Å²) >= 11 is 0. The average molecular weight is 379 g/mol. The van der Waals surface area contributed by atoms with E-state index in [1.54, 1.807) is 14.2 Å². The number of hydrogen-bond acceptors (Lipinski definition) is 6. The van der Waals surface area contributed by atoms with Crippen molar-refractivity contribution < 1.29 is 9.47 Å². The van der Waals surface area contributed by atoms with Crippen LogP contribution in [0.4, 0.5) is 5.95 Å². The lowest BCUT2D eigenvalue weighted by molar-refractivity contribution is 0.369. The number of fused-ring (bicyclic) bond motifs is 1. The largest absolute Gasteiger partial charge is 0.497 e. The summed E-state index contributed by atoms with van der Waals surface area (Å²) in [5, 5.41) is 15.7. The molecule has 0 saturated carbocycles. The molecule has 3 aromatic rings. The van der Waals surface area contributed by atoms with Crippen molar-refractivity contribution in [2.45, 2.75) is 38.3 Å². The molecule has 0 saturated heterocycles. The van der Waals surface area contributed by atoms with Crippen molar-refractivity contribution in [1.29, 1.82) is 0 Å². The van der Waals surface area contributed by atoms with Crippen LogP contribution in [0.2, 0.25) is 0 Å². The third-order valence-electron chi connectivity index (χ3n) is 5.36. The molecule has 1 aliphatic rings. The number of rotatable bonds is 5. The molecule has 146 valence electrons. The Balaban J connectivity index is 1.70. The first-order valence-corrected chi connectivity index (χ1v) is 9.47. The normalized spacial score (nSPS) is 18.5. The van der Waals surface area contributed by atoms with Crippen LogP contribution in [0.3, 0.4) is 0 Å². The molecule has 7 heteroatoms. The predicted octanol–water partition coefficient (Wildman–Crippen LogP) is 3.96. The van der Waals surface area contributed by atoms with Crippen molar-refractivity contribution in [3.63, 3.8) is 0 Å². The maximum atomic E-state index is 5.63. The lowest BCUT2D eigenvalue weighted by Crippen LogP contribution is -2.28. The van der Waals surface area contributed by atoms with Crippen LogP contribution in [0.25, 0.3) is 0 Å². The molecule has 2 aromatic carbocycles. The van der Waals surface area contributed by atoms with Gasteiger partial charge in [0.05, 0.1) is 26.3 Å². The second kappa shape index (κ2) is 7.50. The molecule has 1 N–H and O–H groups in total. The van der Waals surface area contributed by atoms with Gasteiger partial charge in [0.15, 0.2) is 0 Å². The lowest BCUT2D eigenvalue weighted by Gasteiger charge is -2.31. The van der Waals surface area contributed by atoms with E-state index in [4.69, 9.17) is 9.47 Å². The van der Waals surface area contributed by atoms with Gasteiger partial charge in [-0.15, -0.1) is 0 Å². The highest BCUT2D eigenvalue weighted by Crippen LogP contribution is 2.41. The number of benzene rings is 2. The molecule has 4 rings (SSSR count). The molecule has 7 nitrogen and oxygen atoms in total. The zero-order valence-corrected chi connectivity index (χ0v) is 16.6. The van der Waals surface area contributed by atoms with Crippen molar-refractivity contribution in [3.05, 3.63) is 59.2 Å². The highest BCUT2D eigenvalue weighted by molar-refractivity contribution is 5.46. The van der Waals surface area contributed by atoms with Gasteiger partial charge in [-0.3, -0.25) is 0 Å². The third kappa shape index (κ3) is 3.28. The first kappa shape index (κ1) is 18.3. The van der Waals surface area contributed by atoms with Crippen LogP contribution < -0.4 is 14.8 Å². The van der Waals surface area contributed by atoms with E-state index in [2.05, 4.69) is 59.0 Å². The van der Waals surface area contributed by atoms with Gasteiger partial charge in [0.1, 0.15) is 11.5 Å². The molecule has 0 amide bonds. The van der Waals surface area contributed by atoms with Crippen molar-refractivity contribution in [3.8, 4) is 11.5 Å². The summed E-state index contributed by atoms with van der Waals surface area (Å²) in [7, 11) is 3.32. The Labute approximate surface area is 164 Å². The molecule has 28 heavy (non-hydrogen) atoms. The highest BCUT2D eigenvalue weighted by Gasteiger charge is 2.32. The predicted molar refractivity (Wildman–Crippen MR) is 107 cm³/mol. The summed E-state index contributed by atoms with van der Waals surface area (Å²) in [5.74, 6) is 2.69. The minimum atomic E-state index is -0.0399. The van der Waals surface area contributed by atoms with Crippen LogP contribution in [-0.4, -0.2) is 34.4 Å². The Bertz CT molecular complexity index is 952. The Morgan fingerprint density at radius 1 is 1.07 bits per heavy atom. The van der Waals surface area contributed by atoms with Crippen molar-refractivity contribution in [2.75, 3.05) is 19.5 Å². The molecule has 2 unspecified atom stereocenters. The number of anilines is 1. The van der Waals surface area contributed by atoms with Gasteiger partial charge >= 0.3 is 0 Å². The van der Waals surface area contributed by atoms with Gasteiger partial charge in [-0.25, -0.2) is 4.68 Å². The fraction of sp³-hybridized carbons (Fsp3) is 0.381. The molecule has 0 fully saturated rings. The quantitative estimate of drug-likeness (QED) is 0.723. The Morgan fingerprint density at radius 2 is 1.86 bits per heavy atom. The van der Waals surface area contributed by atoms with E-state index in [9.17, 15) is 0 Å². The van der Waals surface area contributed by atoms with Crippen LogP contribution in [0.1, 0.15) is 55.0 Å². The van der Waals surface area contributed by atoms with E-state index in [0.29, 0.717) is 11.9 Å². The molecule has 0 spiro atoms. The zero-order valence-electron chi connectivity index (χ0n) is 16.6. The molecule has 0 bridgehead atoms. The molecular formula is C21H25N5O2. The van der Waals surface area contributed by atoms with Gasteiger partial charge in [0.25, 0.3) is 0 Å². The van der Waals surface area contributed by atoms with Crippen LogP contribution >= 0.6 is 0 Å². The lowest BCUT2D eigenvalue weighted by atomic mass is 9.91. The average Bonchev–Trinajstić information content (AvgIpc) is 3.21. The maximum Gasteiger partial charge on any atom is 0.243 e. The molecule has 0 aliphatic carbocycles. The van der Waals surface area contributed by atoms with E-state index in [0.717, 1.165) is 23.5 Å². The van der Waals surface area contributed by atoms with Gasteiger partial charge in [-0.2, -0.15) is 0 Å². The number of aromatic nitrogens is 4. The van der Waals surface area contributed by atoms with E-state index in [1.807, 2.05) is 22.9 Å². The molecule has 2 atom stereocenters. The number of nitrogens with zero attached hydrogens (tertiary/aromatic N) is 4. The molecule has 0 radical (unpaired) electrons. The highest BCUT2D eigenvalue weighted by atomic mass is 16.5. The first-order valence-electron chi connectivity index (χ1n) is 9.47. The second-order valence-corrected chi connectivity index (χ2v) is 7.32. The van der Waals surface area contributed by atoms with Crippen molar-refractivity contribution in [1.82, 2.24) is 20.2 Å². The SMILES string of the molecule is COc1ccc(C2CC(c3ccc(C(C)C)cc3)Nc3nnnn32)c(OC)c1. The molecule has 1 aromatic heterocycles. The Hall–Kier alpha value is -3.09. The van der Waals surface area contributed by atoms with E-state index >= 15 is 0 Å². The summed E-state index contributed by atoms with van der Waals surface area (Å²) in [5.41, 5.74) is 3.58. The zero-order chi connectivity index (χ0) is 19.7. The fourth-order valence-electron chi connectivity index (χ4n) is 3.72. The number of ether oxygens (including phenoxy) is 2. The van der Waals surface area contributed by atoms with Gasteiger partial charge in [0.2, 0.25) is 5.95 Å². The van der Waals surface area contributed by atoms with Crippen molar-refractivity contribution in [2.24, 2.45) is 0 Å². The second-order valence-electron chi connectivity index (χ2n) is 7.32. The standard InChI is InChI=1S/C21H25N5O2/c1-13(2)14-5-7-15(8-6-14)18-12-19(26-21(22-18)23-24-25-26)17-10-9-16(27-3)11-20(17)28-4/h5-11,13,18-19H,12H2,1-4H3,(H,22,23,25). The summed E-state index contributed by atoms with van der Waals surface area (Å²) in [6.45, 7) is 4.40. The van der Waals surface area contributed by atoms with Crippen LogP contribution in [0, 0.1) is 0 Å². The molecule has 1 aliphatic heterocycles. The number of methoxy groups -OCH3 is 2. The van der Waals surface area contributed by atoms with Gasteiger partial charge in [0, 0.05) is 11.6 Å². The Morgan fingerprint density at radius 3 is 2.54 bits per heavy atom. The topological polar surface area (TPSA) is 74.1 Å². The number of hydrogen-bond donors (Lipinski definition) is 1. The van der Waals surface area contributed by atoms with Crippen molar-refractivity contribution >= 4 is 5.95 Å². The minimum Gasteiger partial charge on any atom is -0.497 e. The summed E-state index contributed by atoms with van der Waals surface area (Å²) in [4.78, 5) is 0. The molecular weight excluding hydrogens is 354 g/mol. The van der Waals surface area contributed by atoms with Gasteiger partial charge < -0.3 is 14.8 Å². The Kier molecular flexibility index (Phi) is 4.90. The van der Waals surface area contributed by atoms with E-state index < -0.39 is 0 Å². The summed E-state index contributed by atoms with van der Waals surface area (Å²) < 4.78 is 12.8.